The van der Waals surface area contributed by atoms with Crippen LogP contribution < -0.4 is 9.96 Å². The molecule has 0 aromatic heterocycles. The zero-order valence-electron chi connectivity index (χ0n) is 15.6. The van der Waals surface area contributed by atoms with E-state index in [4.69, 9.17) is 4.84 Å². The topological polar surface area (TPSA) is 49.9 Å². The minimum Gasteiger partial charge on any atom is -0.273 e. The Hall–Kier alpha value is -2.87. The van der Waals surface area contributed by atoms with E-state index < -0.39 is 35.6 Å². The van der Waals surface area contributed by atoms with E-state index in [0.717, 1.165) is 29.1 Å². The normalized spacial score (nSPS) is 24.3. The SMILES string of the molecule is CCC[C@@H]1[C@@H]2C(=O)N(c3cccc(C(F)(F)F)c3)C(=O)[C@H]2ON1c1ccccc1. The van der Waals surface area contributed by atoms with E-state index in [2.05, 4.69) is 0 Å². The third-order valence-electron chi connectivity index (χ3n) is 5.27. The van der Waals surface area contributed by atoms with Gasteiger partial charge in [0.15, 0.2) is 6.10 Å². The molecule has 0 bridgehead atoms. The van der Waals surface area contributed by atoms with Crippen LogP contribution in [0.4, 0.5) is 24.5 Å². The molecule has 3 atom stereocenters. The molecule has 4 rings (SSSR count). The number of hydroxylamine groups is 1. The van der Waals surface area contributed by atoms with Gasteiger partial charge in [0.2, 0.25) is 5.91 Å². The average molecular weight is 404 g/mol. The summed E-state index contributed by atoms with van der Waals surface area (Å²) in [6, 6.07) is 13.0. The molecule has 0 N–H and O–H groups in total. The first kappa shape index (κ1) is 19.4. The van der Waals surface area contributed by atoms with Crippen LogP contribution in [0.5, 0.6) is 0 Å². The predicted molar refractivity (Wildman–Crippen MR) is 99.9 cm³/mol. The van der Waals surface area contributed by atoms with Gasteiger partial charge in [-0.05, 0) is 36.8 Å². The molecule has 5 nitrogen and oxygen atoms in total. The highest BCUT2D eigenvalue weighted by atomic mass is 19.4. The van der Waals surface area contributed by atoms with Gasteiger partial charge in [-0.2, -0.15) is 13.2 Å². The van der Waals surface area contributed by atoms with Crippen molar-refractivity contribution in [1.29, 1.82) is 0 Å². The summed E-state index contributed by atoms with van der Waals surface area (Å²) in [5.41, 5.74) is -0.273. The molecule has 2 aromatic carbocycles. The zero-order valence-corrected chi connectivity index (χ0v) is 15.6. The highest BCUT2D eigenvalue weighted by molar-refractivity contribution is 6.23. The maximum Gasteiger partial charge on any atom is 0.416 e. The van der Waals surface area contributed by atoms with Crippen molar-refractivity contribution in [3.05, 3.63) is 60.2 Å². The highest BCUT2D eigenvalue weighted by Gasteiger charge is 2.59. The summed E-state index contributed by atoms with van der Waals surface area (Å²) >= 11 is 0. The van der Waals surface area contributed by atoms with Gasteiger partial charge < -0.3 is 0 Å². The molecule has 2 aliphatic heterocycles. The largest absolute Gasteiger partial charge is 0.416 e. The van der Waals surface area contributed by atoms with Crippen LogP contribution in [-0.4, -0.2) is 24.0 Å². The van der Waals surface area contributed by atoms with Crippen molar-refractivity contribution in [3.8, 4) is 0 Å². The molecular formula is C21H19F3N2O3. The van der Waals surface area contributed by atoms with Crippen molar-refractivity contribution < 1.29 is 27.6 Å². The molecule has 29 heavy (non-hydrogen) atoms. The van der Waals surface area contributed by atoms with Crippen LogP contribution in [0, 0.1) is 5.92 Å². The Morgan fingerprint density at radius 1 is 0.966 bits per heavy atom. The first-order valence-electron chi connectivity index (χ1n) is 9.39. The quantitative estimate of drug-likeness (QED) is 0.718. The Balaban J connectivity index is 1.68. The van der Waals surface area contributed by atoms with Crippen molar-refractivity contribution in [2.75, 3.05) is 9.96 Å². The molecule has 8 heteroatoms. The van der Waals surface area contributed by atoms with E-state index in [0.29, 0.717) is 6.42 Å². The fourth-order valence-corrected chi connectivity index (χ4v) is 3.99. The van der Waals surface area contributed by atoms with Crippen LogP contribution in [0.25, 0.3) is 0 Å². The highest BCUT2D eigenvalue weighted by Crippen LogP contribution is 2.42. The predicted octanol–water partition coefficient (Wildman–Crippen LogP) is 4.18. The number of anilines is 2. The molecule has 0 radical (unpaired) electrons. The summed E-state index contributed by atoms with van der Waals surface area (Å²) in [4.78, 5) is 32.8. The second-order valence-corrected chi connectivity index (χ2v) is 7.13. The van der Waals surface area contributed by atoms with Gasteiger partial charge in [-0.1, -0.05) is 37.6 Å². The number of nitrogens with zero attached hydrogens (tertiary/aromatic N) is 2. The zero-order chi connectivity index (χ0) is 20.8. The van der Waals surface area contributed by atoms with Gasteiger partial charge in [0, 0.05) is 0 Å². The number of carbonyl (C=O) groups excluding carboxylic acids is 2. The number of fused-ring (bicyclic) bond motifs is 1. The molecule has 2 amide bonds. The summed E-state index contributed by atoms with van der Waals surface area (Å²) in [7, 11) is 0. The molecule has 0 saturated carbocycles. The van der Waals surface area contributed by atoms with E-state index in [1.807, 2.05) is 37.3 Å². The van der Waals surface area contributed by atoms with E-state index in [1.165, 1.54) is 12.1 Å². The lowest BCUT2D eigenvalue weighted by Gasteiger charge is -2.28. The smallest absolute Gasteiger partial charge is 0.273 e. The fourth-order valence-electron chi connectivity index (χ4n) is 3.99. The fraction of sp³-hybridized carbons (Fsp3) is 0.333. The summed E-state index contributed by atoms with van der Waals surface area (Å²) in [6.07, 6.45) is -4.26. The van der Waals surface area contributed by atoms with Gasteiger partial charge >= 0.3 is 6.18 Å². The molecule has 2 aromatic rings. The molecule has 2 heterocycles. The molecule has 0 aliphatic carbocycles. The number of halogens is 3. The molecule has 2 saturated heterocycles. The van der Waals surface area contributed by atoms with Gasteiger partial charge in [0.1, 0.15) is 0 Å². The Morgan fingerprint density at radius 3 is 2.31 bits per heavy atom. The van der Waals surface area contributed by atoms with E-state index in [1.54, 1.807) is 5.06 Å². The lowest BCUT2D eigenvalue weighted by atomic mass is 9.93. The van der Waals surface area contributed by atoms with Crippen LogP contribution in [0.3, 0.4) is 0 Å². The third kappa shape index (κ3) is 3.27. The molecular weight excluding hydrogens is 385 g/mol. The van der Waals surface area contributed by atoms with Gasteiger partial charge in [-0.15, -0.1) is 0 Å². The lowest BCUT2D eigenvalue weighted by Crippen LogP contribution is -2.40. The second-order valence-electron chi connectivity index (χ2n) is 7.13. The minimum atomic E-state index is -4.57. The number of carbonyl (C=O) groups is 2. The van der Waals surface area contributed by atoms with E-state index in [9.17, 15) is 22.8 Å². The van der Waals surface area contributed by atoms with Crippen LogP contribution in [-0.2, 0) is 20.6 Å². The minimum absolute atomic E-state index is 0.0886. The number of hydrogen-bond donors (Lipinski definition) is 0. The van der Waals surface area contributed by atoms with Crippen LogP contribution in [0.15, 0.2) is 54.6 Å². The van der Waals surface area contributed by atoms with Crippen molar-refractivity contribution in [2.45, 2.75) is 38.1 Å². The Labute approximate surface area is 165 Å². The van der Waals surface area contributed by atoms with Crippen LogP contribution in [0.1, 0.15) is 25.3 Å². The van der Waals surface area contributed by atoms with Crippen molar-refractivity contribution in [3.63, 3.8) is 0 Å². The van der Waals surface area contributed by atoms with Gasteiger partial charge in [0.25, 0.3) is 5.91 Å². The number of alkyl halides is 3. The van der Waals surface area contributed by atoms with Gasteiger partial charge in [0.05, 0.1) is 28.9 Å². The Kier molecular flexibility index (Phi) is 4.82. The van der Waals surface area contributed by atoms with Gasteiger partial charge in [-0.3, -0.25) is 14.4 Å². The van der Waals surface area contributed by atoms with Crippen LogP contribution >= 0.6 is 0 Å². The number of benzene rings is 2. The number of rotatable bonds is 4. The van der Waals surface area contributed by atoms with Crippen molar-refractivity contribution in [1.82, 2.24) is 0 Å². The van der Waals surface area contributed by atoms with E-state index in [-0.39, 0.29) is 11.7 Å². The number of hydrogen-bond acceptors (Lipinski definition) is 4. The van der Waals surface area contributed by atoms with Crippen molar-refractivity contribution in [2.24, 2.45) is 5.92 Å². The third-order valence-corrected chi connectivity index (χ3v) is 5.27. The molecule has 2 aliphatic rings. The first-order valence-corrected chi connectivity index (χ1v) is 9.39. The van der Waals surface area contributed by atoms with Crippen molar-refractivity contribution >= 4 is 23.2 Å². The summed E-state index contributed by atoms with van der Waals surface area (Å²) in [5, 5.41) is 1.60. The molecule has 0 spiro atoms. The lowest BCUT2D eigenvalue weighted by molar-refractivity contribution is -0.137. The number of imide groups is 1. The van der Waals surface area contributed by atoms with Gasteiger partial charge in [-0.25, -0.2) is 9.96 Å². The Morgan fingerprint density at radius 2 is 1.66 bits per heavy atom. The molecule has 0 unspecified atom stereocenters. The number of amides is 2. The summed E-state index contributed by atoms with van der Waals surface area (Å²) < 4.78 is 39.2. The molecule has 2 fully saturated rings. The maximum absolute atomic E-state index is 13.1. The second kappa shape index (κ2) is 7.18. The average Bonchev–Trinajstić information content (AvgIpc) is 3.18. The van der Waals surface area contributed by atoms with Crippen LogP contribution in [0.2, 0.25) is 0 Å². The number of para-hydroxylation sites is 1. The maximum atomic E-state index is 13.1. The monoisotopic (exact) mass is 404 g/mol. The standard InChI is InChI=1S/C21H19F3N2O3/c1-2-7-16-17-18(29-26(16)14-9-4-3-5-10-14)20(28)25(19(17)27)15-11-6-8-13(12-15)21(22,23)24/h3-6,8-12,16-18H,2,7H2,1H3/t16-,17+,18+/m1/s1. The molecule has 152 valence electrons. The Bertz CT molecular complexity index is 932. The summed E-state index contributed by atoms with van der Waals surface area (Å²) in [6.45, 7) is 1.96. The van der Waals surface area contributed by atoms with E-state index >= 15 is 0 Å². The summed E-state index contributed by atoms with van der Waals surface area (Å²) in [5.74, 6) is -1.94. The first-order chi connectivity index (χ1) is 13.8.